The molecule has 0 spiro atoms. The highest BCUT2D eigenvalue weighted by molar-refractivity contribution is 7.84. The molecule has 1 saturated heterocycles. The topological polar surface area (TPSA) is 73.9 Å². The molecule has 118 valence electrons. The summed E-state index contributed by atoms with van der Waals surface area (Å²) in [4.78, 5) is 0. The van der Waals surface area contributed by atoms with E-state index >= 15 is 0 Å². The minimum absolute atomic E-state index is 0.518. The fourth-order valence-electron chi connectivity index (χ4n) is 2.36. The van der Waals surface area contributed by atoms with Crippen molar-refractivity contribution in [1.29, 1.82) is 0 Å². The van der Waals surface area contributed by atoms with E-state index in [1.165, 1.54) is 0 Å². The first-order valence-corrected chi connectivity index (χ1v) is 8.34. The van der Waals surface area contributed by atoms with Crippen LogP contribution in [-0.2, 0) is 24.0 Å². The van der Waals surface area contributed by atoms with Gasteiger partial charge in [0.1, 0.15) is 6.10 Å². The largest absolute Gasteiger partial charge is 0.338 e. The fourth-order valence-corrected chi connectivity index (χ4v) is 2.91. The molecule has 0 bridgehead atoms. The SMILES string of the molecule is CCC1(CC)O[C@@H](NS(=O)(=O)OC)[C@@H](c2ccccc2)O1. The van der Waals surface area contributed by atoms with Crippen molar-refractivity contribution < 1.29 is 22.1 Å². The highest BCUT2D eigenvalue weighted by Crippen LogP contribution is 2.41. The van der Waals surface area contributed by atoms with Crippen molar-refractivity contribution in [3.05, 3.63) is 35.9 Å². The lowest BCUT2D eigenvalue weighted by molar-refractivity contribution is -0.180. The van der Waals surface area contributed by atoms with Crippen molar-refractivity contribution in [2.45, 2.75) is 44.8 Å². The second-order valence-corrected chi connectivity index (χ2v) is 6.32. The molecule has 1 fully saturated rings. The molecule has 2 rings (SSSR count). The van der Waals surface area contributed by atoms with Crippen molar-refractivity contribution in [2.24, 2.45) is 0 Å². The second-order valence-electron chi connectivity index (χ2n) is 4.84. The van der Waals surface area contributed by atoms with Gasteiger partial charge in [0.15, 0.2) is 12.0 Å². The number of benzene rings is 1. The Bertz CT molecular complexity index is 556. The van der Waals surface area contributed by atoms with Gasteiger partial charge < -0.3 is 9.47 Å². The molecule has 0 saturated carbocycles. The summed E-state index contributed by atoms with van der Waals surface area (Å²) in [5.74, 6) is -0.790. The van der Waals surface area contributed by atoms with E-state index in [1.807, 2.05) is 44.2 Å². The molecule has 1 aromatic carbocycles. The molecule has 1 N–H and O–H groups in total. The zero-order valence-corrected chi connectivity index (χ0v) is 13.2. The highest BCUT2D eigenvalue weighted by Gasteiger charge is 2.47. The van der Waals surface area contributed by atoms with Gasteiger partial charge in [0.05, 0.1) is 7.11 Å². The van der Waals surface area contributed by atoms with E-state index in [4.69, 9.17) is 9.47 Å². The zero-order valence-electron chi connectivity index (χ0n) is 12.4. The van der Waals surface area contributed by atoms with Crippen LogP contribution in [0.1, 0.15) is 38.4 Å². The van der Waals surface area contributed by atoms with Crippen molar-refractivity contribution in [3.63, 3.8) is 0 Å². The van der Waals surface area contributed by atoms with Gasteiger partial charge in [-0.1, -0.05) is 44.2 Å². The smallest absolute Gasteiger partial charge is 0.337 e. The predicted octanol–water partition coefficient (Wildman–Crippen LogP) is 2.10. The lowest BCUT2D eigenvalue weighted by atomic mass is 10.1. The minimum Gasteiger partial charge on any atom is -0.338 e. The van der Waals surface area contributed by atoms with Crippen LogP contribution < -0.4 is 4.72 Å². The van der Waals surface area contributed by atoms with E-state index in [2.05, 4.69) is 8.91 Å². The number of ether oxygens (including phenoxy) is 2. The van der Waals surface area contributed by atoms with Gasteiger partial charge in [-0.25, -0.2) is 0 Å². The van der Waals surface area contributed by atoms with Crippen LogP contribution in [0.25, 0.3) is 0 Å². The lowest BCUT2D eigenvalue weighted by Gasteiger charge is -2.24. The summed E-state index contributed by atoms with van der Waals surface area (Å²) >= 11 is 0. The van der Waals surface area contributed by atoms with Crippen molar-refractivity contribution in [3.8, 4) is 0 Å². The molecule has 2 atom stereocenters. The standard InChI is InChI=1S/C14H21NO5S/c1-4-14(5-2)19-12(11-9-7-6-8-10-11)13(20-14)15-21(16,17)18-3/h6-10,12-13,15H,4-5H2,1-3H3/t12-,13-/m1/s1. The third kappa shape index (κ3) is 3.61. The van der Waals surface area contributed by atoms with Gasteiger partial charge in [-0.15, -0.1) is 0 Å². The van der Waals surface area contributed by atoms with Crippen molar-refractivity contribution in [1.82, 2.24) is 4.72 Å². The maximum absolute atomic E-state index is 11.7. The van der Waals surface area contributed by atoms with Gasteiger partial charge in [0, 0.05) is 0 Å². The maximum Gasteiger partial charge on any atom is 0.337 e. The Hall–Kier alpha value is -0.990. The molecule has 1 aromatic rings. The summed E-state index contributed by atoms with van der Waals surface area (Å²) in [5.41, 5.74) is 0.852. The van der Waals surface area contributed by atoms with Crippen molar-refractivity contribution >= 4 is 10.3 Å². The summed E-state index contributed by atoms with van der Waals surface area (Å²) in [6, 6.07) is 9.39. The number of nitrogens with one attached hydrogen (secondary N) is 1. The van der Waals surface area contributed by atoms with E-state index in [0.29, 0.717) is 12.8 Å². The Kier molecular flexibility index (Phi) is 5.00. The molecule has 0 unspecified atom stereocenters. The van der Waals surface area contributed by atoms with Crippen LogP contribution in [0.3, 0.4) is 0 Å². The average Bonchev–Trinajstić information content (AvgIpc) is 2.87. The first kappa shape index (κ1) is 16.4. The predicted molar refractivity (Wildman–Crippen MR) is 77.5 cm³/mol. The van der Waals surface area contributed by atoms with Crippen LogP contribution in [0, 0.1) is 0 Å². The Labute approximate surface area is 125 Å². The molecule has 7 heteroatoms. The van der Waals surface area contributed by atoms with Crippen LogP contribution in [0.4, 0.5) is 0 Å². The Morgan fingerprint density at radius 1 is 1.19 bits per heavy atom. The molecule has 21 heavy (non-hydrogen) atoms. The normalized spacial score (nSPS) is 25.1. The van der Waals surface area contributed by atoms with Crippen LogP contribution in [-0.4, -0.2) is 27.5 Å². The number of hydrogen-bond acceptors (Lipinski definition) is 5. The van der Waals surface area contributed by atoms with Crippen LogP contribution in [0.5, 0.6) is 0 Å². The first-order chi connectivity index (χ1) is 9.95. The zero-order chi connectivity index (χ0) is 15.5. The number of rotatable bonds is 6. The molecule has 1 aliphatic heterocycles. The Balaban J connectivity index is 2.30. The van der Waals surface area contributed by atoms with Crippen LogP contribution in [0.2, 0.25) is 0 Å². The van der Waals surface area contributed by atoms with E-state index in [1.54, 1.807) is 0 Å². The fraction of sp³-hybridized carbons (Fsp3) is 0.571. The maximum atomic E-state index is 11.7. The second kappa shape index (κ2) is 6.41. The molecule has 1 heterocycles. The molecule has 0 amide bonds. The Morgan fingerprint density at radius 3 is 2.33 bits per heavy atom. The Morgan fingerprint density at radius 2 is 1.81 bits per heavy atom. The van der Waals surface area contributed by atoms with Gasteiger partial charge >= 0.3 is 10.3 Å². The van der Waals surface area contributed by atoms with Crippen LogP contribution in [0.15, 0.2) is 30.3 Å². The summed E-state index contributed by atoms with van der Waals surface area (Å²) in [6.07, 6.45) is -0.0934. The van der Waals surface area contributed by atoms with E-state index in [-0.39, 0.29) is 0 Å². The third-order valence-corrected chi connectivity index (χ3v) is 4.60. The van der Waals surface area contributed by atoms with E-state index in [9.17, 15) is 8.42 Å². The third-order valence-electron chi connectivity index (χ3n) is 3.64. The van der Waals surface area contributed by atoms with Gasteiger partial charge in [-0.05, 0) is 18.4 Å². The first-order valence-electron chi connectivity index (χ1n) is 6.93. The van der Waals surface area contributed by atoms with Crippen LogP contribution >= 0.6 is 0 Å². The quantitative estimate of drug-likeness (QED) is 0.870. The summed E-state index contributed by atoms with van der Waals surface area (Å²) in [6.45, 7) is 3.89. The van der Waals surface area contributed by atoms with E-state index < -0.39 is 28.4 Å². The summed E-state index contributed by atoms with van der Waals surface area (Å²) in [7, 11) is -2.77. The highest BCUT2D eigenvalue weighted by atomic mass is 32.2. The van der Waals surface area contributed by atoms with Gasteiger partial charge in [0.25, 0.3) is 0 Å². The van der Waals surface area contributed by atoms with Gasteiger partial charge in [0.2, 0.25) is 0 Å². The monoisotopic (exact) mass is 315 g/mol. The minimum atomic E-state index is -3.87. The molecular formula is C14H21NO5S. The molecule has 0 aliphatic carbocycles. The molecule has 0 aromatic heterocycles. The molecule has 1 aliphatic rings. The molecule has 6 nitrogen and oxygen atoms in total. The summed E-state index contributed by atoms with van der Waals surface area (Å²) in [5, 5.41) is 0. The molecule has 0 radical (unpaired) electrons. The lowest BCUT2D eigenvalue weighted by Crippen LogP contribution is -2.40. The summed E-state index contributed by atoms with van der Waals surface area (Å²) < 4.78 is 42.0. The van der Waals surface area contributed by atoms with Crippen molar-refractivity contribution in [2.75, 3.05) is 7.11 Å². The van der Waals surface area contributed by atoms with E-state index in [0.717, 1.165) is 12.7 Å². The average molecular weight is 315 g/mol. The number of hydrogen-bond donors (Lipinski definition) is 1. The van der Waals surface area contributed by atoms with Gasteiger partial charge in [-0.3, -0.25) is 4.18 Å². The van der Waals surface area contributed by atoms with Gasteiger partial charge in [-0.2, -0.15) is 13.1 Å². The molecular weight excluding hydrogens is 294 g/mol.